The smallest absolute Gasteiger partial charge is 0.300 e. The summed E-state index contributed by atoms with van der Waals surface area (Å²) in [6, 6.07) is 0. The van der Waals surface area contributed by atoms with E-state index in [1.807, 2.05) is 18.2 Å². The minimum Gasteiger partial charge on any atom is -0.481 e. The molecule has 5 heteroatoms. The molecule has 0 saturated heterocycles. The van der Waals surface area contributed by atoms with E-state index in [1.165, 1.54) is 6.21 Å². The number of aliphatic carboxylic acids is 1. The maximum absolute atomic E-state index is 9.00. The second-order valence-electron chi connectivity index (χ2n) is 2.68. The minimum atomic E-state index is -0.833. The van der Waals surface area contributed by atoms with E-state index < -0.39 is 10.8 Å². The van der Waals surface area contributed by atoms with E-state index in [1.54, 1.807) is 6.08 Å². The molecule has 1 atom stereocenters. The Hall–Kier alpha value is -1.29. The Bertz CT molecular complexity index is 269. The molecule has 2 N–H and O–H groups in total. The van der Waals surface area contributed by atoms with Gasteiger partial charge in [-0.1, -0.05) is 29.5 Å². The molecule has 4 nitrogen and oxygen atoms in total. The van der Waals surface area contributed by atoms with Gasteiger partial charge in [0.15, 0.2) is 0 Å². The Kier molecular flexibility index (Phi) is 5.64. The van der Waals surface area contributed by atoms with E-state index >= 15 is 0 Å². The van der Waals surface area contributed by atoms with Gasteiger partial charge in [0.2, 0.25) is 0 Å². The van der Waals surface area contributed by atoms with Crippen LogP contribution in [0.2, 0.25) is 0 Å². The molecule has 78 valence electrons. The third-order valence-corrected chi connectivity index (χ3v) is 1.70. The van der Waals surface area contributed by atoms with Crippen LogP contribution in [0.3, 0.4) is 0 Å². The zero-order valence-corrected chi connectivity index (χ0v) is 8.48. The van der Waals surface area contributed by atoms with Crippen molar-refractivity contribution in [3.63, 3.8) is 0 Å². The highest BCUT2D eigenvalue weighted by atomic mass is 35.5. The maximum Gasteiger partial charge on any atom is 0.300 e. The number of nitrogens with zero attached hydrogens (tertiary/aromatic N) is 1. The highest BCUT2D eigenvalue weighted by Gasteiger charge is 2.20. The molecule has 0 radical (unpaired) electrons. The summed E-state index contributed by atoms with van der Waals surface area (Å²) in [7, 11) is 0. The summed E-state index contributed by atoms with van der Waals surface area (Å²) in [6.45, 7) is 1.08. The van der Waals surface area contributed by atoms with Crippen molar-refractivity contribution in [1.29, 1.82) is 0 Å². The van der Waals surface area contributed by atoms with Gasteiger partial charge in [0.25, 0.3) is 5.97 Å². The van der Waals surface area contributed by atoms with E-state index in [-0.39, 0.29) is 0 Å². The van der Waals surface area contributed by atoms with Gasteiger partial charge >= 0.3 is 0 Å². The van der Waals surface area contributed by atoms with Crippen LogP contribution in [0.15, 0.2) is 29.5 Å². The van der Waals surface area contributed by atoms with Crippen LogP contribution in [-0.2, 0) is 4.79 Å². The summed E-state index contributed by atoms with van der Waals surface area (Å²) in [5.41, 5.74) is 0. The molecular formula is C9H12ClNO3. The zero-order chi connectivity index (χ0) is 11.0. The Morgan fingerprint density at radius 2 is 2.21 bits per heavy atom. The van der Waals surface area contributed by atoms with Crippen molar-refractivity contribution < 1.29 is 15.1 Å². The lowest BCUT2D eigenvalue weighted by atomic mass is 10.0. The topological polar surface area (TPSA) is 69.9 Å². The summed E-state index contributed by atoms with van der Waals surface area (Å²) >= 11 is 5.93. The first-order chi connectivity index (χ1) is 6.50. The number of oxime groups is 1. The van der Waals surface area contributed by atoms with Gasteiger partial charge in [0, 0.05) is 6.92 Å². The first-order valence-electron chi connectivity index (χ1n) is 3.91. The third kappa shape index (κ3) is 6.25. The van der Waals surface area contributed by atoms with Crippen LogP contribution >= 0.6 is 11.6 Å². The molecule has 0 saturated carbocycles. The van der Waals surface area contributed by atoms with Crippen molar-refractivity contribution in [3.8, 4) is 0 Å². The van der Waals surface area contributed by atoms with Crippen molar-refractivity contribution in [2.24, 2.45) is 5.16 Å². The molecule has 0 fully saturated rings. The molecule has 0 amide bonds. The molecule has 0 spiro atoms. The van der Waals surface area contributed by atoms with Crippen LogP contribution in [0.5, 0.6) is 0 Å². The van der Waals surface area contributed by atoms with Crippen molar-refractivity contribution in [2.45, 2.75) is 18.2 Å². The minimum absolute atomic E-state index is 0.608. The Labute approximate surface area is 87.2 Å². The standard InChI is InChI=1S/C7H8ClNO.C2H4O2/c8-7(6-9-10)4-2-1-3-5-7;1-2(3)4/h1-4,6,10H,5H2;1H3,(H,3,4)/b9-6-;. The van der Waals surface area contributed by atoms with Crippen LogP contribution in [0.4, 0.5) is 0 Å². The SMILES string of the molecule is CC(=O)O.O/N=C\C1(Cl)C=CC=CC1. The molecule has 0 heterocycles. The monoisotopic (exact) mass is 217 g/mol. The van der Waals surface area contributed by atoms with Crippen molar-refractivity contribution in [2.75, 3.05) is 0 Å². The number of hydrogen-bond donors (Lipinski definition) is 2. The average Bonchev–Trinajstić information content (AvgIpc) is 2.04. The average molecular weight is 218 g/mol. The third-order valence-electron chi connectivity index (χ3n) is 1.32. The van der Waals surface area contributed by atoms with E-state index in [0.717, 1.165) is 6.92 Å². The number of carboxylic acids is 1. The van der Waals surface area contributed by atoms with Crippen molar-refractivity contribution in [3.05, 3.63) is 24.3 Å². The Morgan fingerprint density at radius 3 is 2.57 bits per heavy atom. The molecule has 1 unspecified atom stereocenters. The largest absolute Gasteiger partial charge is 0.481 e. The van der Waals surface area contributed by atoms with Gasteiger partial charge in [-0.3, -0.25) is 4.79 Å². The molecule has 14 heavy (non-hydrogen) atoms. The lowest BCUT2D eigenvalue weighted by molar-refractivity contribution is -0.134. The number of carbonyl (C=O) groups is 1. The zero-order valence-electron chi connectivity index (χ0n) is 7.72. The van der Waals surface area contributed by atoms with Gasteiger partial charge < -0.3 is 10.3 Å². The van der Waals surface area contributed by atoms with E-state index in [0.29, 0.717) is 6.42 Å². The van der Waals surface area contributed by atoms with Crippen LogP contribution in [0, 0.1) is 0 Å². The first kappa shape index (κ1) is 12.7. The normalized spacial score (nSPS) is 24.4. The molecule has 0 aliphatic heterocycles. The van der Waals surface area contributed by atoms with Gasteiger partial charge in [-0.2, -0.15) is 0 Å². The second kappa shape index (κ2) is 6.21. The summed E-state index contributed by atoms with van der Waals surface area (Å²) < 4.78 is 0. The van der Waals surface area contributed by atoms with Crippen LogP contribution in [0.25, 0.3) is 0 Å². The van der Waals surface area contributed by atoms with Gasteiger partial charge in [-0.15, -0.1) is 11.6 Å². The van der Waals surface area contributed by atoms with Crippen molar-refractivity contribution in [1.82, 2.24) is 0 Å². The van der Waals surface area contributed by atoms with Crippen LogP contribution in [0.1, 0.15) is 13.3 Å². The fourth-order valence-electron chi connectivity index (χ4n) is 0.803. The number of rotatable bonds is 1. The quantitative estimate of drug-likeness (QED) is 0.306. The number of hydrogen-bond acceptors (Lipinski definition) is 3. The van der Waals surface area contributed by atoms with E-state index in [2.05, 4.69) is 5.16 Å². The fourth-order valence-corrected chi connectivity index (χ4v) is 1.01. The molecule has 1 aliphatic carbocycles. The number of halogens is 1. The summed E-state index contributed by atoms with van der Waals surface area (Å²) in [5, 5.41) is 18.5. The molecule has 0 aromatic heterocycles. The molecule has 0 bridgehead atoms. The first-order valence-corrected chi connectivity index (χ1v) is 4.29. The lowest BCUT2D eigenvalue weighted by Gasteiger charge is -2.16. The number of carboxylic acid groups (broad SMARTS) is 1. The van der Waals surface area contributed by atoms with Crippen molar-refractivity contribution >= 4 is 23.8 Å². The number of alkyl halides is 1. The van der Waals surface area contributed by atoms with Gasteiger partial charge in [-0.05, 0) is 6.42 Å². The predicted octanol–water partition coefficient (Wildman–Crippen LogP) is 2.03. The highest BCUT2D eigenvalue weighted by Crippen LogP contribution is 2.22. The molecule has 0 aromatic rings. The van der Waals surface area contributed by atoms with Gasteiger partial charge in [0.1, 0.15) is 4.87 Å². The Morgan fingerprint density at radius 1 is 1.64 bits per heavy atom. The fraction of sp³-hybridized carbons (Fsp3) is 0.333. The molecular weight excluding hydrogens is 206 g/mol. The summed E-state index contributed by atoms with van der Waals surface area (Å²) in [4.78, 5) is 8.39. The maximum atomic E-state index is 9.00. The summed E-state index contributed by atoms with van der Waals surface area (Å²) in [5.74, 6) is -0.833. The van der Waals surface area contributed by atoms with Gasteiger partial charge in [-0.25, -0.2) is 0 Å². The van der Waals surface area contributed by atoms with Crippen LogP contribution < -0.4 is 0 Å². The predicted molar refractivity (Wildman–Crippen MR) is 55.1 cm³/mol. The van der Waals surface area contributed by atoms with E-state index in [9.17, 15) is 0 Å². The number of allylic oxidation sites excluding steroid dienone is 4. The molecule has 1 aliphatic rings. The Balaban J connectivity index is 0.000000364. The lowest BCUT2D eigenvalue weighted by Crippen LogP contribution is -2.20. The van der Waals surface area contributed by atoms with Crippen LogP contribution in [-0.4, -0.2) is 27.4 Å². The molecule has 0 aromatic carbocycles. The second-order valence-corrected chi connectivity index (χ2v) is 3.39. The molecule has 1 rings (SSSR count). The van der Waals surface area contributed by atoms with E-state index in [4.69, 9.17) is 26.7 Å². The highest BCUT2D eigenvalue weighted by molar-refractivity contribution is 6.33. The summed E-state index contributed by atoms with van der Waals surface area (Å²) in [6.07, 6.45) is 9.44. The van der Waals surface area contributed by atoms with Gasteiger partial charge in [0.05, 0.1) is 6.21 Å².